The summed E-state index contributed by atoms with van der Waals surface area (Å²) in [5.41, 5.74) is 3.16. The van der Waals surface area contributed by atoms with Crippen LogP contribution in [0.1, 0.15) is 38.2 Å². The molecule has 1 saturated heterocycles. The summed E-state index contributed by atoms with van der Waals surface area (Å²) in [5.74, 6) is 0. The first kappa shape index (κ1) is 13.4. The van der Waals surface area contributed by atoms with E-state index in [-0.39, 0.29) is 0 Å². The van der Waals surface area contributed by atoms with Gasteiger partial charge in [0.25, 0.3) is 0 Å². The number of anilines is 1. The predicted molar refractivity (Wildman–Crippen MR) is 84.9 cm³/mol. The fourth-order valence-corrected chi connectivity index (χ4v) is 4.14. The molecule has 2 fully saturated rings. The fourth-order valence-electron chi connectivity index (χ4n) is 3.66. The molecule has 0 amide bonds. The van der Waals surface area contributed by atoms with Crippen molar-refractivity contribution >= 4 is 21.6 Å². The zero-order valence-corrected chi connectivity index (χ0v) is 13.5. The lowest BCUT2D eigenvalue weighted by molar-refractivity contribution is 0.276. The highest BCUT2D eigenvalue weighted by atomic mass is 79.9. The van der Waals surface area contributed by atoms with Gasteiger partial charge in [-0.05, 0) is 50.5 Å². The lowest BCUT2D eigenvalue weighted by Gasteiger charge is -2.47. The quantitative estimate of drug-likeness (QED) is 0.844. The average molecular weight is 323 g/mol. The van der Waals surface area contributed by atoms with Crippen LogP contribution in [0.3, 0.4) is 0 Å². The van der Waals surface area contributed by atoms with Crippen molar-refractivity contribution in [3.63, 3.8) is 0 Å². The Morgan fingerprint density at radius 3 is 2.74 bits per heavy atom. The largest absolute Gasteiger partial charge is 0.365 e. The molecule has 1 aromatic rings. The number of aryl methyl sites for hydroxylation is 1. The molecule has 1 unspecified atom stereocenters. The number of hydrogen-bond donors (Lipinski definition) is 1. The minimum atomic E-state index is 0.381. The van der Waals surface area contributed by atoms with E-state index in [0.29, 0.717) is 11.6 Å². The Morgan fingerprint density at radius 1 is 1.32 bits per heavy atom. The third kappa shape index (κ3) is 2.55. The lowest BCUT2D eigenvalue weighted by atomic mass is 9.92. The molecule has 2 aliphatic rings. The first-order valence-corrected chi connectivity index (χ1v) is 8.17. The summed E-state index contributed by atoms with van der Waals surface area (Å²) in [6.45, 7) is 6.82. The third-order valence-electron chi connectivity index (χ3n) is 4.81. The summed E-state index contributed by atoms with van der Waals surface area (Å²) in [7, 11) is 0. The fraction of sp³-hybridized carbons (Fsp3) is 0.625. The van der Waals surface area contributed by atoms with E-state index in [0.717, 1.165) is 13.1 Å². The standard InChI is InChI=1S/C16H23BrN2/c1-12-9-14(17)5-6-15(12)19-11-16(7-3-4-8-16)18-10-13(19)2/h5-6,9,13,18H,3-4,7-8,10-11H2,1-2H3. The summed E-state index contributed by atoms with van der Waals surface area (Å²) in [4.78, 5) is 2.61. The van der Waals surface area contributed by atoms with Crippen LogP contribution in [-0.2, 0) is 0 Å². The molecular formula is C16H23BrN2. The number of hydrogen-bond acceptors (Lipinski definition) is 2. The van der Waals surface area contributed by atoms with Crippen LogP contribution in [0.5, 0.6) is 0 Å². The molecule has 1 spiro atoms. The van der Waals surface area contributed by atoms with Gasteiger partial charge in [0.1, 0.15) is 0 Å². The molecule has 1 aliphatic carbocycles. The van der Waals surface area contributed by atoms with Gasteiger partial charge in [0.2, 0.25) is 0 Å². The summed E-state index contributed by atoms with van der Waals surface area (Å²) < 4.78 is 1.17. The number of nitrogens with one attached hydrogen (secondary N) is 1. The van der Waals surface area contributed by atoms with Crippen molar-refractivity contribution < 1.29 is 0 Å². The van der Waals surface area contributed by atoms with Crippen molar-refractivity contribution in [1.82, 2.24) is 5.32 Å². The highest BCUT2D eigenvalue weighted by Crippen LogP contribution is 2.36. The van der Waals surface area contributed by atoms with E-state index in [9.17, 15) is 0 Å². The van der Waals surface area contributed by atoms with Crippen LogP contribution >= 0.6 is 15.9 Å². The van der Waals surface area contributed by atoms with Gasteiger partial charge >= 0.3 is 0 Å². The van der Waals surface area contributed by atoms with Gasteiger partial charge in [-0.3, -0.25) is 0 Å². The minimum Gasteiger partial charge on any atom is -0.365 e. The number of halogens is 1. The van der Waals surface area contributed by atoms with E-state index in [1.54, 1.807) is 0 Å². The van der Waals surface area contributed by atoms with Crippen LogP contribution in [0.25, 0.3) is 0 Å². The first-order chi connectivity index (χ1) is 9.10. The van der Waals surface area contributed by atoms with E-state index >= 15 is 0 Å². The Bertz CT molecular complexity index is 466. The Balaban J connectivity index is 1.89. The topological polar surface area (TPSA) is 15.3 Å². The van der Waals surface area contributed by atoms with Gasteiger partial charge in [0.05, 0.1) is 0 Å². The molecule has 1 N–H and O–H groups in total. The maximum absolute atomic E-state index is 3.82. The number of rotatable bonds is 1. The predicted octanol–water partition coefficient (Wildman–Crippen LogP) is 3.87. The van der Waals surface area contributed by atoms with Crippen molar-refractivity contribution in [2.75, 3.05) is 18.0 Å². The molecule has 1 aliphatic heterocycles. The average Bonchev–Trinajstić information content (AvgIpc) is 2.82. The zero-order valence-electron chi connectivity index (χ0n) is 11.9. The SMILES string of the molecule is Cc1cc(Br)ccc1N1CC2(CCCC2)NCC1C. The van der Waals surface area contributed by atoms with E-state index in [2.05, 4.69) is 58.2 Å². The molecule has 3 heteroatoms. The number of piperazine rings is 1. The van der Waals surface area contributed by atoms with E-state index in [1.807, 2.05) is 0 Å². The smallest absolute Gasteiger partial charge is 0.0400 e. The first-order valence-electron chi connectivity index (χ1n) is 7.37. The molecule has 1 atom stereocenters. The minimum absolute atomic E-state index is 0.381. The van der Waals surface area contributed by atoms with Gasteiger partial charge in [0.15, 0.2) is 0 Å². The van der Waals surface area contributed by atoms with Gasteiger partial charge < -0.3 is 10.2 Å². The van der Waals surface area contributed by atoms with Crippen molar-refractivity contribution in [3.8, 4) is 0 Å². The molecule has 0 bridgehead atoms. The molecule has 3 rings (SSSR count). The summed E-state index contributed by atoms with van der Waals surface area (Å²) in [5, 5.41) is 3.82. The highest BCUT2D eigenvalue weighted by Gasteiger charge is 2.40. The maximum Gasteiger partial charge on any atom is 0.0400 e. The van der Waals surface area contributed by atoms with Crippen molar-refractivity contribution in [3.05, 3.63) is 28.2 Å². The van der Waals surface area contributed by atoms with Crippen LogP contribution in [0.15, 0.2) is 22.7 Å². The van der Waals surface area contributed by atoms with Crippen LogP contribution in [0.4, 0.5) is 5.69 Å². The van der Waals surface area contributed by atoms with Crippen molar-refractivity contribution in [2.45, 2.75) is 51.1 Å². The molecule has 1 saturated carbocycles. The Kier molecular flexibility index (Phi) is 3.61. The second kappa shape index (κ2) is 5.10. The van der Waals surface area contributed by atoms with Crippen LogP contribution in [-0.4, -0.2) is 24.7 Å². The van der Waals surface area contributed by atoms with Crippen LogP contribution < -0.4 is 10.2 Å². The second-order valence-electron chi connectivity index (χ2n) is 6.28. The van der Waals surface area contributed by atoms with E-state index < -0.39 is 0 Å². The third-order valence-corrected chi connectivity index (χ3v) is 5.30. The Morgan fingerprint density at radius 2 is 2.05 bits per heavy atom. The zero-order chi connectivity index (χ0) is 13.5. The molecule has 19 heavy (non-hydrogen) atoms. The molecule has 104 valence electrons. The number of benzene rings is 1. The highest BCUT2D eigenvalue weighted by molar-refractivity contribution is 9.10. The Labute approximate surface area is 124 Å². The van der Waals surface area contributed by atoms with E-state index in [1.165, 1.54) is 41.4 Å². The molecule has 0 radical (unpaired) electrons. The molecule has 1 aromatic carbocycles. The van der Waals surface area contributed by atoms with Gasteiger partial charge in [-0.1, -0.05) is 28.8 Å². The molecular weight excluding hydrogens is 300 g/mol. The number of nitrogens with zero attached hydrogens (tertiary/aromatic N) is 1. The maximum atomic E-state index is 3.82. The summed E-state index contributed by atoms with van der Waals surface area (Å²) >= 11 is 3.56. The van der Waals surface area contributed by atoms with Crippen molar-refractivity contribution in [1.29, 1.82) is 0 Å². The van der Waals surface area contributed by atoms with E-state index in [4.69, 9.17) is 0 Å². The Hall–Kier alpha value is -0.540. The molecule has 0 aromatic heterocycles. The van der Waals surface area contributed by atoms with Crippen molar-refractivity contribution in [2.24, 2.45) is 0 Å². The van der Waals surface area contributed by atoms with Gasteiger partial charge in [-0.25, -0.2) is 0 Å². The monoisotopic (exact) mass is 322 g/mol. The second-order valence-corrected chi connectivity index (χ2v) is 7.19. The molecule has 1 heterocycles. The van der Waals surface area contributed by atoms with Gasteiger partial charge in [0, 0.05) is 34.8 Å². The summed E-state index contributed by atoms with van der Waals surface area (Å²) in [6, 6.07) is 7.24. The van der Waals surface area contributed by atoms with Crippen LogP contribution in [0.2, 0.25) is 0 Å². The van der Waals surface area contributed by atoms with Gasteiger partial charge in [-0.2, -0.15) is 0 Å². The molecule has 2 nitrogen and oxygen atoms in total. The van der Waals surface area contributed by atoms with Gasteiger partial charge in [-0.15, -0.1) is 0 Å². The summed E-state index contributed by atoms with van der Waals surface area (Å²) in [6.07, 6.45) is 5.45. The normalized spacial score (nSPS) is 26.1. The lowest BCUT2D eigenvalue weighted by Crippen LogP contribution is -2.62. The van der Waals surface area contributed by atoms with Crippen LogP contribution in [0, 0.1) is 6.92 Å².